The van der Waals surface area contributed by atoms with Gasteiger partial charge in [0.1, 0.15) is 18.4 Å². The molecule has 1 fully saturated rings. The highest BCUT2D eigenvalue weighted by atomic mass is 16.5. The second-order valence-corrected chi connectivity index (χ2v) is 8.62. The highest BCUT2D eigenvalue weighted by Gasteiger charge is 2.42. The molecule has 0 saturated carbocycles. The lowest BCUT2D eigenvalue weighted by molar-refractivity contribution is -0.141. The summed E-state index contributed by atoms with van der Waals surface area (Å²) in [5, 5.41) is 20.9. The number of aliphatic hydroxyl groups is 2. The van der Waals surface area contributed by atoms with E-state index in [2.05, 4.69) is 21.9 Å². The van der Waals surface area contributed by atoms with E-state index in [1.807, 2.05) is 0 Å². The molecule has 1 unspecified atom stereocenters. The Labute approximate surface area is 187 Å². The number of carbonyl (C=O) groups is 1. The van der Waals surface area contributed by atoms with E-state index in [0.29, 0.717) is 0 Å². The number of hydrogen-bond acceptors (Lipinski definition) is 8. The van der Waals surface area contributed by atoms with Gasteiger partial charge in [-0.2, -0.15) is 4.98 Å². The van der Waals surface area contributed by atoms with E-state index in [4.69, 9.17) is 10.5 Å². The second-order valence-electron chi connectivity index (χ2n) is 8.62. The second kappa shape index (κ2) is 11.5. The van der Waals surface area contributed by atoms with Crippen LogP contribution >= 0.6 is 0 Å². The van der Waals surface area contributed by atoms with Crippen molar-refractivity contribution in [3.63, 3.8) is 0 Å². The smallest absolute Gasteiger partial charge is 0.280 e. The molecule has 0 bridgehead atoms. The first-order valence-corrected chi connectivity index (χ1v) is 11.7. The molecule has 10 nitrogen and oxygen atoms in total. The highest BCUT2D eigenvalue weighted by Crippen LogP contribution is 2.32. The van der Waals surface area contributed by atoms with Crippen molar-refractivity contribution in [2.75, 3.05) is 5.73 Å². The number of carbonyl (C=O) groups excluding carboxylic acids is 1. The minimum Gasteiger partial charge on any atom is -0.390 e. The molecule has 3 rings (SSSR count). The van der Waals surface area contributed by atoms with Gasteiger partial charge in [0.05, 0.1) is 12.4 Å². The van der Waals surface area contributed by atoms with Crippen LogP contribution in [0.4, 0.5) is 5.95 Å². The summed E-state index contributed by atoms with van der Waals surface area (Å²) in [4.78, 5) is 34.9. The fourth-order valence-corrected chi connectivity index (χ4v) is 4.23. The summed E-state index contributed by atoms with van der Waals surface area (Å²) >= 11 is 0. The standard InChI is InChI=1S/C22H35N5O5/c1-2-3-4-5-6-7-8-9-10-11-14(28)18(30)19-15(29)12-16(32-19)27-13-24-17-20(27)25-22(23)26-21(17)31/h13,15-16,18-19,29-30H,2-12H2,1H3,(H3,23,25,26,31)/t15-,16+,18?,19-/m0/s1. The molecule has 178 valence electrons. The van der Waals surface area contributed by atoms with E-state index in [1.165, 1.54) is 49.4 Å². The Morgan fingerprint density at radius 2 is 1.91 bits per heavy atom. The zero-order chi connectivity index (χ0) is 23.1. The maximum Gasteiger partial charge on any atom is 0.280 e. The highest BCUT2D eigenvalue weighted by molar-refractivity contribution is 5.83. The maximum atomic E-state index is 12.4. The number of rotatable bonds is 13. The van der Waals surface area contributed by atoms with Gasteiger partial charge in [-0.15, -0.1) is 0 Å². The molecule has 4 atom stereocenters. The summed E-state index contributed by atoms with van der Waals surface area (Å²) in [5.41, 5.74) is 5.46. The van der Waals surface area contributed by atoms with Crippen LogP contribution in [0.3, 0.4) is 0 Å². The van der Waals surface area contributed by atoms with Crippen LogP contribution in [-0.2, 0) is 9.53 Å². The molecule has 1 aliphatic rings. The molecule has 1 saturated heterocycles. The zero-order valence-electron chi connectivity index (χ0n) is 18.7. The number of aliphatic hydroxyl groups excluding tert-OH is 2. The van der Waals surface area contributed by atoms with E-state index in [0.717, 1.165) is 19.3 Å². The van der Waals surface area contributed by atoms with Crippen molar-refractivity contribution < 1.29 is 19.7 Å². The number of nitrogens with one attached hydrogen (secondary N) is 1. The van der Waals surface area contributed by atoms with Gasteiger partial charge in [0, 0.05) is 12.8 Å². The average molecular weight is 450 g/mol. The third-order valence-corrected chi connectivity index (χ3v) is 6.07. The lowest BCUT2D eigenvalue weighted by Gasteiger charge is -2.20. The predicted molar refractivity (Wildman–Crippen MR) is 120 cm³/mol. The lowest BCUT2D eigenvalue weighted by Crippen LogP contribution is -2.40. The summed E-state index contributed by atoms with van der Waals surface area (Å²) in [6, 6.07) is 0. The number of nitrogens with two attached hydrogens (primary N) is 1. The Morgan fingerprint density at radius 1 is 1.25 bits per heavy atom. The van der Waals surface area contributed by atoms with Crippen LogP contribution in [0.5, 0.6) is 0 Å². The Hall–Kier alpha value is -2.30. The Balaban J connectivity index is 1.47. The van der Waals surface area contributed by atoms with Gasteiger partial charge in [-0.25, -0.2) is 4.98 Å². The van der Waals surface area contributed by atoms with E-state index in [9.17, 15) is 19.8 Å². The van der Waals surface area contributed by atoms with Crippen molar-refractivity contribution in [3.05, 3.63) is 16.7 Å². The van der Waals surface area contributed by atoms with Crippen LogP contribution in [0, 0.1) is 0 Å². The van der Waals surface area contributed by atoms with Crippen molar-refractivity contribution in [2.24, 2.45) is 0 Å². The summed E-state index contributed by atoms with van der Waals surface area (Å²) in [5.74, 6) is -0.387. The Bertz CT molecular complexity index is 942. The topological polar surface area (TPSA) is 156 Å². The van der Waals surface area contributed by atoms with E-state index >= 15 is 0 Å². The van der Waals surface area contributed by atoms with Crippen LogP contribution < -0.4 is 11.3 Å². The largest absolute Gasteiger partial charge is 0.390 e. The lowest BCUT2D eigenvalue weighted by atomic mass is 9.99. The summed E-state index contributed by atoms with van der Waals surface area (Å²) in [7, 11) is 0. The van der Waals surface area contributed by atoms with Gasteiger partial charge >= 0.3 is 0 Å². The molecule has 0 aromatic carbocycles. The van der Waals surface area contributed by atoms with E-state index in [1.54, 1.807) is 0 Å². The predicted octanol–water partition coefficient (Wildman–Crippen LogP) is 2.20. The van der Waals surface area contributed by atoms with Crippen LogP contribution in [0.15, 0.2) is 11.1 Å². The maximum absolute atomic E-state index is 12.4. The molecule has 1 aliphatic heterocycles. The van der Waals surface area contributed by atoms with E-state index in [-0.39, 0.29) is 35.7 Å². The molecule has 0 aliphatic carbocycles. The summed E-state index contributed by atoms with van der Waals surface area (Å²) < 4.78 is 7.28. The number of H-pyrrole nitrogens is 1. The molecular weight excluding hydrogens is 414 g/mol. The fourth-order valence-electron chi connectivity index (χ4n) is 4.23. The zero-order valence-corrected chi connectivity index (χ0v) is 18.7. The third kappa shape index (κ3) is 5.93. The van der Waals surface area contributed by atoms with Gasteiger partial charge in [0.2, 0.25) is 5.95 Å². The number of ketones is 1. The van der Waals surface area contributed by atoms with Gasteiger partial charge in [-0.3, -0.25) is 19.1 Å². The molecule has 0 amide bonds. The number of hydrogen-bond donors (Lipinski definition) is 4. The van der Waals surface area contributed by atoms with E-state index < -0.39 is 30.1 Å². The molecule has 32 heavy (non-hydrogen) atoms. The van der Waals surface area contributed by atoms with Crippen molar-refractivity contribution in [2.45, 2.75) is 102 Å². The number of imidazole rings is 1. The fraction of sp³-hybridized carbons (Fsp3) is 0.727. The summed E-state index contributed by atoms with van der Waals surface area (Å²) in [6.45, 7) is 2.20. The van der Waals surface area contributed by atoms with Gasteiger partial charge in [-0.05, 0) is 6.42 Å². The van der Waals surface area contributed by atoms with Crippen molar-refractivity contribution in [1.29, 1.82) is 0 Å². The number of anilines is 1. The monoisotopic (exact) mass is 449 g/mol. The van der Waals surface area contributed by atoms with Crippen molar-refractivity contribution >= 4 is 22.9 Å². The molecule has 10 heteroatoms. The first kappa shape index (κ1) is 24.3. The van der Waals surface area contributed by atoms with Crippen LogP contribution in [0.2, 0.25) is 0 Å². The Morgan fingerprint density at radius 3 is 2.59 bits per heavy atom. The number of nitrogens with zero attached hydrogens (tertiary/aromatic N) is 3. The first-order valence-electron chi connectivity index (χ1n) is 11.7. The SMILES string of the molecule is CCCCCCCCCCCC(=O)C(O)[C@H]1O[C@@H](n2cnc3c(=O)[nH]c(N)nc32)C[C@@H]1O. The molecule has 0 spiro atoms. The third-order valence-electron chi connectivity index (χ3n) is 6.07. The minimum atomic E-state index is -1.40. The van der Waals surface area contributed by atoms with Gasteiger partial charge < -0.3 is 20.7 Å². The average Bonchev–Trinajstić information content (AvgIpc) is 3.35. The van der Waals surface area contributed by atoms with Crippen LogP contribution in [0.1, 0.15) is 83.8 Å². The quantitative estimate of drug-likeness (QED) is 0.339. The summed E-state index contributed by atoms with van der Waals surface area (Å²) in [6.07, 6.45) is 7.84. The van der Waals surface area contributed by atoms with Gasteiger partial charge in [-0.1, -0.05) is 58.3 Å². The van der Waals surface area contributed by atoms with Crippen LogP contribution in [-0.4, -0.2) is 53.8 Å². The van der Waals surface area contributed by atoms with Gasteiger partial charge in [0.15, 0.2) is 16.9 Å². The minimum absolute atomic E-state index is 0.0597. The number of aromatic nitrogens is 4. The molecule has 0 radical (unpaired) electrons. The number of fused-ring (bicyclic) bond motifs is 1. The molecular formula is C22H35N5O5. The Kier molecular flexibility index (Phi) is 8.77. The number of aromatic amines is 1. The van der Waals surface area contributed by atoms with Crippen LogP contribution in [0.25, 0.3) is 11.2 Å². The molecule has 2 aromatic heterocycles. The molecule has 3 heterocycles. The first-order chi connectivity index (χ1) is 15.4. The number of ether oxygens (including phenoxy) is 1. The normalized spacial score (nSPS) is 21.9. The number of Topliss-reactive ketones (excluding diaryl/α,β-unsaturated/α-hetero) is 1. The van der Waals surface area contributed by atoms with Crippen molar-refractivity contribution in [1.82, 2.24) is 19.5 Å². The van der Waals surface area contributed by atoms with Crippen molar-refractivity contribution in [3.8, 4) is 0 Å². The molecule has 5 N–H and O–H groups in total. The molecule has 2 aromatic rings. The number of unbranched alkanes of at least 4 members (excludes halogenated alkanes) is 8. The van der Waals surface area contributed by atoms with Gasteiger partial charge in [0.25, 0.3) is 5.56 Å². The number of nitrogen functional groups attached to an aromatic ring is 1.